The monoisotopic (exact) mass is 439 g/mol. The lowest BCUT2D eigenvalue weighted by atomic mass is 10.0. The summed E-state index contributed by atoms with van der Waals surface area (Å²) < 4.78 is 1.14. The van der Waals surface area contributed by atoms with Crippen LogP contribution in [0.4, 0.5) is 0 Å². The summed E-state index contributed by atoms with van der Waals surface area (Å²) in [5.41, 5.74) is 0.977. The molecule has 0 fully saturated rings. The minimum atomic E-state index is -0.622. The van der Waals surface area contributed by atoms with Crippen molar-refractivity contribution in [2.45, 2.75) is 33.2 Å². The Hall–Kier alpha value is -2.22. The van der Waals surface area contributed by atoms with Gasteiger partial charge in [0.15, 0.2) is 10.8 Å². The van der Waals surface area contributed by atoms with E-state index in [0.717, 1.165) is 10.2 Å². The largest absolute Gasteiger partial charge is 0.344 e. The van der Waals surface area contributed by atoms with Crippen molar-refractivity contribution < 1.29 is 0 Å². The molecule has 0 amide bonds. The molecule has 0 radical (unpaired) electrons. The third-order valence-corrected chi connectivity index (χ3v) is 5.05. The van der Waals surface area contributed by atoms with Crippen LogP contribution >= 0.6 is 34.8 Å². The maximum Gasteiger partial charge on any atom is 0.344 e. The summed E-state index contributed by atoms with van der Waals surface area (Å²) >= 11 is 19.0. The van der Waals surface area contributed by atoms with Crippen molar-refractivity contribution in [1.82, 2.24) is 25.0 Å². The standard InChI is InChI=1S/C18H16Cl3N5O2/c1-4-26-18(28)22-17(27)15(25-26)9-5-11(19)14(12(20)6-9)13-7-10(8(2)3)16(21)24-23-13/h5-8H,4H2,1-3H3,(H,22,27,28). The minimum Gasteiger partial charge on any atom is -0.271 e. The Labute approximate surface area is 175 Å². The van der Waals surface area contributed by atoms with Crippen LogP contribution in [-0.4, -0.2) is 25.0 Å². The Morgan fingerprint density at radius 3 is 2.29 bits per heavy atom. The third kappa shape index (κ3) is 3.83. The number of hydrogen-bond donors (Lipinski definition) is 1. The molecule has 0 saturated carbocycles. The molecule has 0 atom stereocenters. The smallest absolute Gasteiger partial charge is 0.271 e. The number of nitrogens with one attached hydrogen (secondary N) is 1. The molecule has 0 bridgehead atoms. The molecule has 3 rings (SSSR count). The highest BCUT2D eigenvalue weighted by molar-refractivity contribution is 6.39. The number of H-pyrrole nitrogens is 1. The molecular formula is C18H16Cl3N5O2. The highest BCUT2D eigenvalue weighted by Crippen LogP contribution is 2.38. The Balaban J connectivity index is 2.17. The van der Waals surface area contributed by atoms with Gasteiger partial charge in [0.05, 0.1) is 15.7 Å². The average Bonchev–Trinajstić information content (AvgIpc) is 2.62. The number of hydrogen-bond acceptors (Lipinski definition) is 5. The molecule has 2 aromatic heterocycles. The zero-order valence-electron chi connectivity index (χ0n) is 15.3. The summed E-state index contributed by atoms with van der Waals surface area (Å²) in [6.07, 6.45) is 0. The zero-order chi connectivity index (χ0) is 20.6. The van der Waals surface area contributed by atoms with E-state index in [2.05, 4.69) is 20.3 Å². The first-order valence-electron chi connectivity index (χ1n) is 8.47. The molecule has 146 valence electrons. The first kappa shape index (κ1) is 20.5. The summed E-state index contributed by atoms with van der Waals surface area (Å²) in [7, 11) is 0. The van der Waals surface area contributed by atoms with Crippen LogP contribution in [0.1, 0.15) is 32.3 Å². The van der Waals surface area contributed by atoms with Gasteiger partial charge in [-0.25, -0.2) is 9.48 Å². The average molecular weight is 441 g/mol. The number of aromatic amines is 1. The van der Waals surface area contributed by atoms with E-state index in [1.54, 1.807) is 25.1 Å². The first-order valence-corrected chi connectivity index (χ1v) is 9.60. The molecule has 0 aliphatic rings. The van der Waals surface area contributed by atoms with Crippen molar-refractivity contribution in [2.24, 2.45) is 0 Å². The molecule has 2 heterocycles. The predicted octanol–water partition coefficient (Wildman–Crippen LogP) is 4.16. The number of benzene rings is 1. The van der Waals surface area contributed by atoms with Gasteiger partial charge in [0.1, 0.15) is 0 Å². The maximum absolute atomic E-state index is 12.2. The number of rotatable bonds is 4. The van der Waals surface area contributed by atoms with Crippen LogP contribution in [0.2, 0.25) is 15.2 Å². The number of halogens is 3. The van der Waals surface area contributed by atoms with Crippen molar-refractivity contribution >= 4 is 34.8 Å². The molecule has 0 aliphatic heterocycles. The van der Waals surface area contributed by atoms with Gasteiger partial charge in [-0.3, -0.25) is 9.78 Å². The highest BCUT2D eigenvalue weighted by atomic mass is 35.5. The first-order chi connectivity index (χ1) is 13.2. The Kier molecular flexibility index (Phi) is 5.88. The lowest BCUT2D eigenvalue weighted by Gasteiger charge is -2.12. The fraction of sp³-hybridized carbons (Fsp3) is 0.278. The molecule has 0 saturated heterocycles. The van der Waals surface area contributed by atoms with E-state index in [9.17, 15) is 9.59 Å². The number of nitrogens with zero attached hydrogens (tertiary/aromatic N) is 4. The van der Waals surface area contributed by atoms with Crippen LogP contribution in [0.25, 0.3) is 22.5 Å². The maximum atomic E-state index is 12.2. The summed E-state index contributed by atoms with van der Waals surface area (Å²) in [5, 5.41) is 13.0. The number of aromatic nitrogens is 5. The molecule has 3 aromatic rings. The molecule has 0 unspecified atom stereocenters. The molecule has 10 heteroatoms. The second kappa shape index (κ2) is 8.03. The van der Waals surface area contributed by atoms with E-state index in [1.165, 1.54) is 0 Å². The zero-order valence-corrected chi connectivity index (χ0v) is 17.5. The van der Waals surface area contributed by atoms with Crippen LogP contribution < -0.4 is 11.2 Å². The second-order valence-electron chi connectivity index (χ2n) is 6.37. The molecule has 1 aromatic carbocycles. The fourth-order valence-corrected chi connectivity index (χ4v) is 3.70. The lowest BCUT2D eigenvalue weighted by Crippen LogP contribution is -2.33. The Morgan fingerprint density at radius 2 is 1.71 bits per heavy atom. The molecular weight excluding hydrogens is 425 g/mol. The Bertz CT molecular complexity index is 1150. The van der Waals surface area contributed by atoms with E-state index in [-0.39, 0.29) is 21.7 Å². The minimum absolute atomic E-state index is 0.0434. The summed E-state index contributed by atoms with van der Waals surface area (Å²) in [5.74, 6) is 0.136. The van der Waals surface area contributed by atoms with Gasteiger partial charge < -0.3 is 0 Å². The van der Waals surface area contributed by atoms with Crippen molar-refractivity contribution in [3.63, 3.8) is 0 Å². The quantitative estimate of drug-likeness (QED) is 0.657. The van der Waals surface area contributed by atoms with Crippen molar-refractivity contribution in [3.05, 3.63) is 59.8 Å². The van der Waals surface area contributed by atoms with Crippen LogP contribution in [0, 0.1) is 0 Å². The molecule has 0 aliphatic carbocycles. The SMILES string of the molecule is CCn1nc(-c2cc(Cl)c(-c3cc(C(C)C)c(Cl)nn3)c(Cl)c2)c(=O)[nH]c1=O. The topological polar surface area (TPSA) is 93.5 Å². The van der Waals surface area contributed by atoms with E-state index in [1.807, 2.05) is 13.8 Å². The second-order valence-corrected chi connectivity index (χ2v) is 7.54. The van der Waals surface area contributed by atoms with E-state index < -0.39 is 11.2 Å². The van der Waals surface area contributed by atoms with Gasteiger partial charge in [0, 0.05) is 17.7 Å². The summed E-state index contributed by atoms with van der Waals surface area (Å²) in [6.45, 7) is 6.02. The van der Waals surface area contributed by atoms with Gasteiger partial charge >= 0.3 is 5.69 Å². The van der Waals surface area contributed by atoms with Crippen molar-refractivity contribution in [2.75, 3.05) is 0 Å². The third-order valence-electron chi connectivity index (χ3n) is 4.16. The van der Waals surface area contributed by atoms with Gasteiger partial charge in [0.25, 0.3) is 5.56 Å². The number of aryl methyl sites for hydroxylation is 1. The van der Waals surface area contributed by atoms with Crippen LogP contribution in [0.3, 0.4) is 0 Å². The van der Waals surface area contributed by atoms with Gasteiger partial charge in [-0.05, 0) is 36.6 Å². The van der Waals surface area contributed by atoms with E-state index in [0.29, 0.717) is 28.5 Å². The molecule has 28 heavy (non-hydrogen) atoms. The van der Waals surface area contributed by atoms with Crippen molar-refractivity contribution in [3.8, 4) is 22.5 Å². The highest BCUT2D eigenvalue weighted by Gasteiger charge is 2.18. The molecule has 1 N–H and O–H groups in total. The predicted molar refractivity (Wildman–Crippen MR) is 110 cm³/mol. The van der Waals surface area contributed by atoms with E-state index >= 15 is 0 Å². The van der Waals surface area contributed by atoms with Gasteiger partial charge in [-0.15, -0.1) is 10.2 Å². The fourth-order valence-electron chi connectivity index (χ4n) is 2.71. The van der Waals surface area contributed by atoms with Gasteiger partial charge in [0.2, 0.25) is 0 Å². The Morgan fingerprint density at radius 1 is 1.07 bits per heavy atom. The van der Waals surface area contributed by atoms with Gasteiger partial charge in [-0.1, -0.05) is 48.7 Å². The normalized spacial score (nSPS) is 11.2. The van der Waals surface area contributed by atoms with Crippen LogP contribution in [0.15, 0.2) is 27.8 Å². The van der Waals surface area contributed by atoms with Crippen LogP contribution in [0.5, 0.6) is 0 Å². The van der Waals surface area contributed by atoms with Gasteiger partial charge in [-0.2, -0.15) is 5.10 Å². The lowest BCUT2D eigenvalue weighted by molar-refractivity contribution is 0.591. The van der Waals surface area contributed by atoms with Crippen molar-refractivity contribution in [1.29, 1.82) is 0 Å². The van der Waals surface area contributed by atoms with E-state index in [4.69, 9.17) is 34.8 Å². The molecule has 0 spiro atoms. The summed E-state index contributed by atoms with van der Waals surface area (Å²) in [6, 6.07) is 4.89. The molecule has 7 nitrogen and oxygen atoms in total. The van der Waals surface area contributed by atoms with Crippen LogP contribution in [-0.2, 0) is 6.54 Å². The summed E-state index contributed by atoms with van der Waals surface area (Å²) in [4.78, 5) is 26.1.